The number of amides is 1. The fraction of sp³-hybridized carbons (Fsp3) is 0.533. The minimum atomic E-state index is 0.0215. The summed E-state index contributed by atoms with van der Waals surface area (Å²) in [5.74, 6) is 0.121. The first-order valence-electron chi connectivity index (χ1n) is 6.70. The van der Waals surface area contributed by atoms with Gasteiger partial charge in [0.25, 0.3) is 0 Å². The average Bonchev–Trinajstić information content (AvgIpc) is 2.90. The lowest BCUT2D eigenvalue weighted by atomic mass is 10.1. The number of carbonyl (C=O) groups excluding carboxylic acids is 1. The van der Waals surface area contributed by atoms with Crippen LogP contribution in [0.1, 0.15) is 17.5 Å². The van der Waals surface area contributed by atoms with Crippen LogP contribution in [-0.2, 0) is 16.1 Å². The number of nitrogens with zero attached hydrogens (tertiary/aromatic N) is 1. The van der Waals surface area contributed by atoms with Crippen molar-refractivity contribution < 1.29 is 9.53 Å². The van der Waals surface area contributed by atoms with Crippen molar-refractivity contribution >= 4 is 11.6 Å². The van der Waals surface area contributed by atoms with Crippen molar-refractivity contribution in [3.63, 3.8) is 0 Å². The van der Waals surface area contributed by atoms with Gasteiger partial charge >= 0.3 is 0 Å². The molecule has 2 rings (SSSR count). The predicted molar refractivity (Wildman–Crippen MR) is 76.3 cm³/mol. The Morgan fingerprint density at radius 3 is 2.89 bits per heavy atom. The maximum absolute atomic E-state index is 12.0. The van der Waals surface area contributed by atoms with Crippen LogP contribution in [0.25, 0.3) is 0 Å². The fourth-order valence-corrected chi connectivity index (χ4v) is 2.31. The number of aryl methyl sites for hydroxylation is 1. The highest BCUT2D eigenvalue weighted by Crippen LogP contribution is 2.20. The lowest BCUT2D eigenvalue weighted by molar-refractivity contribution is -0.125. The number of nitrogens with one attached hydrogen (secondary N) is 1. The molecular formula is C15H22N2O2. The molecule has 0 aliphatic carbocycles. The molecule has 1 aliphatic heterocycles. The Labute approximate surface area is 114 Å². The summed E-state index contributed by atoms with van der Waals surface area (Å²) in [6.45, 7) is 3.90. The molecule has 1 amide bonds. The van der Waals surface area contributed by atoms with Crippen molar-refractivity contribution in [1.29, 1.82) is 0 Å². The Kier molecular flexibility index (Phi) is 4.43. The molecule has 0 aromatic heterocycles. The van der Waals surface area contributed by atoms with Crippen molar-refractivity contribution in [2.24, 2.45) is 5.92 Å². The standard InChI is InChI=1S/C15H22N2O2/c1-11-4-5-12(14(8-11)17(2)3)9-16-15(18)13-6-7-19-10-13/h4-5,8,13H,6-7,9-10H2,1-3H3,(H,16,18)/t13-/m0/s1. The number of ether oxygens (including phenoxy) is 1. The normalized spacial score (nSPS) is 18.4. The van der Waals surface area contributed by atoms with Crippen molar-refractivity contribution in [3.8, 4) is 0 Å². The first kappa shape index (κ1) is 13.9. The molecule has 4 heteroatoms. The molecule has 1 aromatic rings. The highest BCUT2D eigenvalue weighted by atomic mass is 16.5. The van der Waals surface area contributed by atoms with E-state index in [9.17, 15) is 4.79 Å². The number of rotatable bonds is 4. The third kappa shape index (κ3) is 3.47. The molecule has 19 heavy (non-hydrogen) atoms. The van der Waals surface area contributed by atoms with E-state index in [0.717, 1.165) is 17.7 Å². The number of benzene rings is 1. The van der Waals surface area contributed by atoms with Gasteiger partial charge in [-0.3, -0.25) is 4.79 Å². The lowest BCUT2D eigenvalue weighted by Gasteiger charge is -2.19. The first-order valence-corrected chi connectivity index (χ1v) is 6.70. The molecule has 1 saturated heterocycles. The van der Waals surface area contributed by atoms with E-state index in [1.165, 1.54) is 5.56 Å². The van der Waals surface area contributed by atoms with E-state index >= 15 is 0 Å². The van der Waals surface area contributed by atoms with Crippen molar-refractivity contribution in [2.45, 2.75) is 19.9 Å². The number of hydrogen-bond acceptors (Lipinski definition) is 3. The van der Waals surface area contributed by atoms with Crippen LogP contribution in [0.5, 0.6) is 0 Å². The summed E-state index contributed by atoms with van der Waals surface area (Å²) >= 11 is 0. The molecule has 0 saturated carbocycles. The van der Waals surface area contributed by atoms with Crippen LogP contribution in [0, 0.1) is 12.8 Å². The summed E-state index contributed by atoms with van der Waals surface area (Å²) in [7, 11) is 4.04. The van der Waals surface area contributed by atoms with Gasteiger partial charge in [0, 0.05) is 32.9 Å². The average molecular weight is 262 g/mol. The van der Waals surface area contributed by atoms with Gasteiger partial charge in [-0.25, -0.2) is 0 Å². The van der Waals surface area contributed by atoms with Gasteiger partial charge < -0.3 is 15.0 Å². The molecule has 104 valence electrons. The van der Waals surface area contributed by atoms with E-state index in [4.69, 9.17) is 4.74 Å². The van der Waals surface area contributed by atoms with Gasteiger partial charge in [-0.1, -0.05) is 12.1 Å². The van der Waals surface area contributed by atoms with Crippen LogP contribution in [0.2, 0.25) is 0 Å². The molecule has 1 N–H and O–H groups in total. The molecule has 0 radical (unpaired) electrons. The number of hydrogen-bond donors (Lipinski definition) is 1. The summed E-state index contributed by atoms with van der Waals surface area (Å²) in [6.07, 6.45) is 0.834. The second kappa shape index (κ2) is 6.06. The Morgan fingerprint density at radius 2 is 2.26 bits per heavy atom. The quantitative estimate of drug-likeness (QED) is 0.898. The zero-order valence-electron chi connectivity index (χ0n) is 11.9. The molecule has 1 fully saturated rings. The van der Waals surface area contributed by atoms with Gasteiger partial charge in [-0.15, -0.1) is 0 Å². The van der Waals surface area contributed by atoms with Gasteiger partial charge in [-0.05, 0) is 30.5 Å². The Hall–Kier alpha value is -1.55. The largest absolute Gasteiger partial charge is 0.381 e. The second-order valence-electron chi connectivity index (χ2n) is 5.30. The summed E-state index contributed by atoms with van der Waals surface area (Å²) in [4.78, 5) is 14.0. The van der Waals surface area contributed by atoms with Crippen LogP contribution in [0.4, 0.5) is 5.69 Å². The van der Waals surface area contributed by atoms with Gasteiger partial charge in [0.1, 0.15) is 0 Å². The van der Waals surface area contributed by atoms with Crippen LogP contribution in [0.3, 0.4) is 0 Å². The summed E-state index contributed by atoms with van der Waals surface area (Å²) in [5.41, 5.74) is 3.52. The van der Waals surface area contributed by atoms with Crippen LogP contribution < -0.4 is 10.2 Å². The fourth-order valence-electron chi connectivity index (χ4n) is 2.31. The molecule has 1 aromatic carbocycles. The van der Waals surface area contributed by atoms with E-state index in [1.54, 1.807) is 0 Å². The number of carbonyl (C=O) groups is 1. The van der Waals surface area contributed by atoms with Gasteiger partial charge in [0.15, 0.2) is 0 Å². The molecule has 0 spiro atoms. The molecular weight excluding hydrogens is 240 g/mol. The summed E-state index contributed by atoms with van der Waals surface area (Å²) in [6, 6.07) is 6.30. The highest BCUT2D eigenvalue weighted by Gasteiger charge is 2.23. The van der Waals surface area contributed by atoms with Crippen LogP contribution in [-0.4, -0.2) is 33.2 Å². The topological polar surface area (TPSA) is 41.6 Å². The van der Waals surface area contributed by atoms with Crippen LogP contribution >= 0.6 is 0 Å². The van der Waals surface area contributed by atoms with Gasteiger partial charge in [0.05, 0.1) is 12.5 Å². The van der Waals surface area contributed by atoms with E-state index < -0.39 is 0 Å². The monoisotopic (exact) mass is 262 g/mol. The van der Waals surface area contributed by atoms with Crippen molar-refractivity contribution in [2.75, 3.05) is 32.2 Å². The number of anilines is 1. The smallest absolute Gasteiger partial charge is 0.225 e. The maximum Gasteiger partial charge on any atom is 0.225 e. The van der Waals surface area contributed by atoms with E-state index in [0.29, 0.717) is 19.8 Å². The molecule has 4 nitrogen and oxygen atoms in total. The predicted octanol–water partition coefficient (Wildman–Crippen LogP) is 1.71. The van der Waals surface area contributed by atoms with Crippen molar-refractivity contribution in [1.82, 2.24) is 5.32 Å². The minimum Gasteiger partial charge on any atom is -0.381 e. The Bertz CT molecular complexity index is 451. The third-order valence-electron chi connectivity index (χ3n) is 3.48. The SMILES string of the molecule is Cc1ccc(CNC(=O)[C@H]2CCOC2)c(N(C)C)c1. The Balaban J connectivity index is 2.00. The maximum atomic E-state index is 12.0. The van der Waals surface area contributed by atoms with Gasteiger partial charge in [-0.2, -0.15) is 0 Å². The zero-order valence-corrected chi connectivity index (χ0v) is 11.9. The lowest BCUT2D eigenvalue weighted by Crippen LogP contribution is -2.31. The summed E-state index contributed by atoms with van der Waals surface area (Å²) in [5, 5.41) is 3.01. The molecule has 1 heterocycles. The van der Waals surface area contributed by atoms with E-state index in [1.807, 2.05) is 14.1 Å². The molecule has 0 unspecified atom stereocenters. The molecule has 1 aliphatic rings. The van der Waals surface area contributed by atoms with Crippen LogP contribution in [0.15, 0.2) is 18.2 Å². The first-order chi connectivity index (χ1) is 9.08. The highest BCUT2D eigenvalue weighted by molar-refractivity contribution is 5.79. The van der Waals surface area contributed by atoms with E-state index in [-0.39, 0.29) is 11.8 Å². The Morgan fingerprint density at radius 1 is 1.47 bits per heavy atom. The van der Waals surface area contributed by atoms with Crippen molar-refractivity contribution in [3.05, 3.63) is 29.3 Å². The molecule has 0 bridgehead atoms. The zero-order chi connectivity index (χ0) is 13.8. The second-order valence-corrected chi connectivity index (χ2v) is 5.30. The molecule has 1 atom stereocenters. The summed E-state index contributed by atoms with van der Waals surface area (Å²) < 4.78 is 5.24. The van der Waals surface area contributed by atoms with Gasteiger partial charge in [0.2, 0.25) is 5.91 Å². The minimum absolute atomic E-state index is 0.0215. The third-order valence-corrected chi connectivity index (χ3v) is 3.48. The van der Waals surface area contributed by atoms with E-state index in [2.05, 4.69) is 35.3 Å².